The van der Waals surface area contributed by atoms with Gasteiger partial charge in [0, 0.05) is 41.8 Å². The molecule has 0 amide bonds. The number of halogens is 2. The van der Waals surface area contributed by atoms with Crippen LogP contribution in [0.15, 0.2) is 67.3 Å². The van der Waals surface area contributed by atoms with Crippen LogP contribution in [-0.4, -0.2) is 37.8 Å². The first-order valence-electron chi connectivity index (χ1n) is 11.2. The van der Waals surface area contributed by atoms with E-state index < -0.39 is 27.2 Å². The van der Waals surface area contributed by atoms with E-state index in [2.05, 4.69) is 19.8 Å². The highest BCUT2D eigenvalue weighted by Crippen LogP contribution is 2.35. The van der Waals surface area contributed by atoms with E-state index in [0.717, 1.165) is 17.2 Å². The molecule has 1 saturated carbocycles. The van der Waals surface area contributed by atoms with Crippen molar-refractivity contribution in [1.82, 2.24) is 24.1 Å². The van der Waals surface area contributed by atoms with Crippen LogP contribution < -0.4 is 4.72 Å². The number of rotatable bonds is 6. The molecule has 0 bridgehead atoms. The molecule has 0 aliphatic heterocycles. The number of nitrogens with zero attached hydrogens (tertiary/aromatic N) is 5. The minimum Gasteiger partial charge on any atom is -0.300 e. The zero-order valence-corrected chi connectivity index (χ0v) is 19.9. The molecule has 4 heterocycles. The smallest absolute Gasteiger partial charge is 0.235 e. The third kappa shape index (κ3) is 4.11. The van der Waals surface area contributed by atoms with Crippen LogP contribution in [0.4, 0.5) is 14.5 Å². The monoisotopic (exact) mass is 506 g/mol. The van der Waals surface area contributed by atoms with Crippen molar-refractivity contribution in [2.45, 2.75) is 18.1 Å². The molecule has 36 heavy (non-hydrogen) atoms. The molecule has 0 saturated heterocycles. The topological polar surface area (TPSA) is 94.2 Å². The summed E-state index contributed by atoms with van der Waals surface area (Å²) >= 11 is 0. The van der Waals surface area contributed by atoms with Crippen molar-refractivity contribution in [3.05, 3.63) is 79.1 Å². The van der Waals surface area contributed by atoms with Gasteiger partial charge in [0.25, 0.3) is 0 Å². The maximum atomic E-state index is 14.6. The molecule has 0 atom stereocenters. The SMILES string of the molecule is Cn1cc(-c2ccn3c(-c4cc(NS(=O)(=O)C5CC5)cc(-c5ccc(F)nc5F)c4)cnc3c2)cn1. The van der Waals surface area contributed by atoms with E-state index in [-0.39, 0.29) is 11.3 Å². The molecule has 5 aromatic rings. The fourth-order valence-electron chi connectivity index (χ4n) is 4.19. The van der Waals surface area contributed by atoms with E-state index in [1.54, 1.807) is 29.2 Å². The van der Waals surface area contributed by atoms with E-state index in [0.29, 0.717) is 35.3 Å². The Hall–Kier alpha value is -4.12. The maximum absolute atomic E-state index is 14.6. The minimum atomic E-state index is -3.57. The number of aryl methyl sites for hydroxylation is 1. The van der Waals surface area contributed by atoms with Gasteiger partial charge in [0.2, 0.25) is 21.9 Å². The highest BCUT2D eigenvalue weighted by Gasteiger charge is 2.35. The van der Waals surface area contributed by atoms with Gasteiger partial charge in [0.15, 0.2) is 0 Å². The Morgan fingerprint density at radius 3 is 2.50 bits per heavy atom. The van der Waals surface area contributed by atoms with E-state index in [9.17, 15) is 17.2 Å². The highest BCUT2D eigenvalue weighted by molar-refractivity contribution is 7.93. The van der Waals surface area contributed by atoms with Crippen molar-refractivity contribution in [3.8, 4) is 33.5 Å². The lowest BCUT2D eigenvalue weighted by atomic mass is 10.0. The molecule has 8 nitrogen and oxygen atoms in total. The van der Waals surface area contributed by atoms with Gasteiger partial charge < -0.3 is 0 Å². The molecule has 1 aliphatic rings. The molecule has 0 unspecified atom stereocenters. The zero-order chi connectivity index (χ0) is 25.0. The predicted molar refractivity (Wildman–Crippen MR) is 132 cm³/mol. The van der Waals surface area contributed by atoms with Crippen molar-refractivity contribution in [2.24, 2.45) is 7.05 Å². The first kappa shape index (κ1) is 22.4. The van der Waals surface area contributed by atoms with Crippen LogP contribution in [0.2, 0.25) is 0 Å². The minimum absolute atomic E-state index is 0.0535. The van der Waals surface area contributed by atoms with Gasteiger partial charge >= 0.3 is 0 Å². The van der Waals surface area contributed by atoms with E-state index >= 15 is 0 Å². The summed E-state index contributed by atoms with van der Waals surface area (Å²) in [6, 6.07) is 11.1. The summed E-state index contributed by atoms with van der Waals surface area (Å²) in [5, 5.41) is 3.77. The summed E-state index contributed by atoms with van der Waals surface area (Å²) in [5.74, 6) is -1.92. The fraction of sp³-hybridized carbons (Fsp3) is 0.160. The molecule has 1 fully saturated rings. The number of benzene rings is 1. The number of pyridine rings is 2. The second-order valence-electron chi connectivity index (χ2n) is 8.81. The van der Waals surface area contributed by atoms with Crippen molar-refractivity contribution in [2.75, 3.05) is 4.72 Å². The summed E-state index contributed by atoms with van der Waals surface area (Å²) in [6.07, 6.45) is 8.40. The zero-order valence-electron chi connectivity index (χ0n) is 19.1. The Kier molecular flexibility index (Phi) is 5.11. The van der Waals surface area contributed by atoms with Crippen LogP contribution in [0.25, 0.3) is 39.2 Å². The molecule has 1 N–H and O–H groups in total. The summed E-state index contributed by atoms with van der Waals surface area (Å²) < 4.78 is 59.5. The third-order valence-corrected chi connectivity index (χ3v) is 8.00. The van der Waals surface area contributed by atoms with Crippen LogP contribution in [-0.2, 0) is 17.1 Å². The number of hydrogen-bond acceptors (Lipinski definition) is 5. The van der Waals surface area contributed by atoms with Crippen LogP contribution in [0, 0.1) is 11.9 Å². The number of anilines is 1. The number of nitrogens with one attached hydrogen (secondary N) is 1. The average Bonchev–Trinajstić information content (AvgIpc) is 3.49. The van der Waals surface area contributed by atoms with Crippen molar-refractivity contribution >= 4 is 21.4 Å². The quantitative estimate of drug-likeness (QED) is 0.339. The molecule has 6 rings (SSSR count). The van der Waals surface area contributed by atoms with Crippen LogP contribution in [0.5, 0.6) is 0 Å². The lowest BCUT2D eigenvalue weighted by Crippen LogP contribution is -2.17. The Balaban J connectivity index is 1.47. The first-order chi connectivity index (χ1) is 17.3. The summed E-state index contributed by atoms with van der Waals surface area (Å²) in [6.45, 7) is 0. The Bertz CT molecular complexity index is 1740. The highest BCUT2D eigenvalue weighted by atomic mass is 32.2. The van der Waals surface area contributed by atoms with Gasteiger partial charge in [-0.25, -0.2) is 13.4 Å². The molecule has 4 aromatic heterocycles. The van der Waals surface area contributed by atoms with Crippen LogP contribution in [0.3, 0.4) is 0 Å². The number of imidazole rings is 1. The van der Waals surface area contributed by atoms with Crippen LogP contribution in [0.1, 0.15) is 12.8 Å². The summed E-state index contributed by atoms with van der Waals surface area (Å²) in [5.41, 5.74) is 4.53. The second kappa shape index (κ2) is 8.23. The van der Waals surface area contributed by atoms with Crippen molar-refractivity contribution < 1.29 is 17.2 Å². The van der Waals surface area contributed by atoms with Gasteiger partial charge in [-0.1, -0.05) is 0 Å². The number of hydrogen-bond donors (Lipinski definition) is 1. The van der Waals surface area contributed by atoms with E-state index in [1.807, 2.05) is 36.0 Å². The van der Waals surface area contributed by atoms with Gasteiger partial charge in [0.05, 0.1) is 23.3 Å². The van der Waals surface area contributed by atoms with Crippen molar-refractivity contribution in [1.29, 1.82) is 0 Å². The molecular formula is C25H20F2N6O2S. The van der Waals surface area contributed by atoms with Gasteiger partial charge in [-0.15, -0.1) is 0 Å². The number of aromatic nitrogens is 5. The molecule has 11 heteroatoms. The van der Waals surface area contributed by atoms with E-state index in [1.165, 1.54) is 12.1 Å². The molecule has 1 aromatic carbocycles. The number of sulfonamides is 1. The number of fused-ring (bicyclic) bond motifs is 1. The summed E-state index contributed by atoms with van der Waals surface area (Å²) in [4.78, 5) is 7.80. The molecule has 0 spiro atoms. The Morgan fingerprint density at radius 1 is 0.972 bits per heavy atom. The molecular weight excluding hydrogens is 486 g/mol. The Labute approximate surface area is 205 Å². The van der Waals surface area contributed by atoms with Crippen molar-refractivity contribution in [3.63, 3.8) is 0 Å². The Morgan fingerprint density at radius 2 is 1.78 bits per heavy atom. The third-order valence-electron chi connectivity index (χ3n) is 6.13. The average molecular weight is 507 g/mol. The fourth-order valence-corrected chi connectivity index (χ4v) is 5.56. The predicted octanol–water partition coefficient (Wildman–Crippen LogP) is 4.65. The molecule has 1 aliphatic carbocycles. The second-order valence-corrected chi connectivity index (χ2v) is 10.8. The summed E-state index contributed by atoms with van der Waals surface area (Å²) in [7, 11) is -1.72. The van der Waals surface area contributed by atoms with E-state index in [4.69, 9.17) is 0 Å². The maximum Gasteiger partial charge on any atom is 0.235 e. The van der Waals surface area contributed by atoms with Gasteiger partial charge in [-0.2, -0.15) is 18.9 Å². The van der Waals surface area contributed by atoms with Crippen LogP contribution >= 0.6 is 0 Å². The standard InChI is InChI=1S/C25H20F2N6O2S/c1-32-14-18(12-29-32)15-6-7-33-22(13-28-24(33)11-15)17-8-16(21-4-5-23(26)30-25(21)27)9-19(10-17)31-36(34,35)20-2-3-20/h4-14,20,31H,2-3H2,1H3. The molecule has 0 radical (unpaired) electrons. The largest absolute Gasteiger partial charge is 0.300 e. The lowest BCUT2D eigenvalue weighted by molar-refractivity contribution is 0.515. The van der Waals surface area contributed by atoms with Gasteiger partial charge in [-0.3, -0.25) is 13.8 Å². The van der Waals surface area contributed by atoms with Gasteiger partial charge in [-0.05, 0) is 66.4 Å². The lowest BCUT2D eigenvalue weighted by Gasteiger charge is -2.13. The first-order valence-corrected chi connectivity index (χ1v) is 12.8. The molecule has 182 valence electrons. The normalized spacial score (nSPS) is 13.9. The van der Waals surface area contributed by atoms with Gasteiger partial charge in [0.1, 0.15) is 5.65 Å².